The molecule has 0 unspecified atom stereocenters. The van der Waals surface area contributed by atoms with Gasteiger partial charge in [0.2, 0.25) is 5.91 Å². The van der Waals surface area contributed by atoms with E-state index in [1.807, 2.05) is 13.8 Å². The summed E-state index contributed by atoms with van der Waals surface area (Å²) in [6.07, 6.45) is 1.63. The lowest BCUT2D eigenvalue weighted by molar-refractivity contribution is -0.127. The predicted octanol–water partition coefficient (Wildman–Crippen LogP) is 3.43. The quantitative estimate of drug-likeness (QED) is 0.799. The van der Waals surface area contributed by atoms with Crippen LogP contribution in [0.15, 0.2) is 66.1 Å². The second-order valence-corrected chi connectivity index (χ2v) is 8.66. The van der Waals surface area contributed by atoms with Gasteiger partial charge >= 0.3 is 0 Å². The maximum absolute atomic E-state index is 12.9. The Labute approximate surface area is 159 Å². The molecule has 0 radical (unpaired) electrons. The molecule has 1 aliphatic rings. The Balaban J connectivity index is 2.00. The first kappa shape index (κ1) is 19.0. The van der Waals surface area contributed by atoms with Gasteiger partial charge in [-0.3, -0.25) is 9.52 Å². The van der Waals surface area contributed by atoms with Crippen LogP contribution in [0.1, 0.15) is 13.8 Å². The second kappa shape index (κ2) is 7.08. The van der Waals surface area contributed by atoms with Gasteiger partial charge in [0.05, 0.1) is 21.7 Å². The monoisotopic (exact) mass is 386 g/mol. The van der Waals surface area contributed by atoms with Crippen molar-refractivity contribution in [3.05, 3.63) is 61.2 Å². The van der Waals surface area contributed by atoms with Crippen molar-refractivity contribution >= 4 is 27.3 Å². The lowest BCUT2D eigenvalue weighted by Crippen LogP contribution is -2.42. The summed E-state index contributed by atoms with van der Waals surface area (Å²) in [5.41, 5.74) is 0.160. The highest BCUT2D eigenvalue weighted by molar-refractivity contribution is 7.92. The van der Waals surface area contributed by atoms with Crippen LogP contribution in [0.5, 0.6) is 5.75 Å². The summed E-state index contributed by atoms with van der Waals surface area (Å²) in [5, 5.41) is 0. The van der Waals surface area contributed by atoms with E-state index in [9.17, 15) is 13.2 Å². The van der Waals surface area contributed by atoms with E-state index in [0.717, 1.165) is 0 Å². The van der Waals surface area contributed by atoms with Crippen molar-refractivity contribution in [1.82, 2.24) is 0 Å². The molecule has 1 heterocycles. The molecule has 1 N–H and O–H groups in total. The minimum atomic E-state index is -3.73. The van der Waals surface area contributed by atoms with Crippen LogP contribution in [0.25, 0.3) is 0 Å². The molecule has 6 nitrogen and oxygen atoms in total. The molecule has 0 aliphatic carbocycles. The van der Waals surface area contributed by atoms with Crippen LogP contribution in [0.2, 0.25) is 0 Å². The Morgan fingerprint density at radius 3 is 2.59 bits per heavy atom. The number of hydrogen-bond donors (Lipinski definition) is 1. The van der Waals surface area contributed by atoms with Crippen molar-refractivity contribution in [2.75, 3.05) is 22.8 Å². The van der Waals surface area contributed by atoms with E-state index in [4.69, 9.17) is 4.74 Å². The zero-order valence-electron chi connectivity index (χ0n) is 15.3. The molecule has 2 aromatic rings. The number of hydrogen-bond acceptors (Lipinski definition) is 4. The van der Waals surface area contributed by atoms with E-state index in [1.54, 1.807) is 47.4 Å². The average Bonchev–Trinajstić information content (AvgIpc) is 2.73. The third-order valence-corrected chi connectivity index (χ3v) is 5.68. The van der Waals surface area contributed by atoms with Crippen LogP contribution in [-0.2, 0) is 14.8 Å². The first-order chi connectivity index (χ1) is 12.7. The Kier molecular flexibility index (Phi) is 4.97. The molecular formula is C20H22N2O4S. The average molecular weight is 386 g/mol. The lowest BCUT2D eigenvalue weighted by Gasteiger charge is -2.27. The van der Waals surface area contributed by atoms with Gasteiger partial charge in [-0.2, -0.15) is 0 Å². The number of fused-ring (bicyclic) bond motifs is 1. The molecule has 0 saturated heterocycles. The number of benzene rings is 2. The minimum Gasteiger partial charge on any atom is -0.490 e. The standard InChI is InChI=1S/C20H22N2O4S/c1-4-12-22-17-13-15(21-27(24,25)16-8-6-5-7-9-16)10-11-18(17)26-14-20(2,3)19(22)23/h4-11,13,21H,1,12,14H2,2-3H3. The molecule has 0 spiro atoms. The summed E-state index contributed by atoms with van der Waals surface area (Å²) in [7, 11) is -3.73. The summed E-state index contributed by atoms with van der Waals surface area (Å²) in [6, 6.07) is 13.0. The van der Waals surface area contributed by atoms with E-state index in [2.05, 4.69) is 11.3 Å². The SMILES string of the molecule is C=CCN1C(=O)C(C)(C)COc2ccc(NS(=O)(=O)c3ccccc3)cc21. The fraction of sp³-hybridized carbons (Fsp3) is 0.250. The Bertz CT molecular complexity index is 969. The first-order valence-corrected chi connectivity index (χ1v) is 10.0. The van der Waals surface area contributed by atoms with Gasteiger partial charge in [-0.05, 0) is 44.2 Å². The predicted molar refractivity (Wildman–Crippen MR) is 106 cm³/mol. The number of carbonyl (C=O) groups excluding carboxylic acids is 1. The van der Waals surface area contributed by atoms with Gasteiger partial charge in [-0.1, -0.05) is 24.3 Å². The van der Waals surface area contributed by atoms with Crippen molar-refractivity contribution < 1.29 is 17.9 Å². The van der Waals surface area contributed by atoms with Crippen LogP contribution >= 0.6 is 0 Å². The number of anilines is 2. The zero-order valence-corrected chi connectivity index (χ0v) is 16.1. The number of carbonyl (C=O) groups is 1. The van der Waals surface area contributed by atoms with Crippen molar-refractivity contribution in [1.29, 1.82) is 0 Å². The maximum Gasteiger partial charge on any atom is 0.261 e. The summed E-state index contributed by atoms with van der Waals surface area (Å²) in [4.78, 5) is 14.6. The van der Waals surface area contributed by atoms with Gasteiger partial charge in [0.25, 0.3) is 10.0 Å². The van der Waals surface area contributed by atoms with Gasteiger partial charge in [0, 0.05) is 6.54 Å². The molecular weight excluding hydrogens is 364 g/mol. The molecule has 142 valence electrons. The fourth-order valence-corrected chi connectivity index (χ4v) is 3.90. The maximum atomic E-state index is 12.9. The largest absolute Gasteiger partial charge is 0.490 e. The van der Waals surface area contributed by atoms with E-state index in [0.29, 0.717) is 23.7 Å². The summed E-state index contributed by atoms with van der Waals surface area (Å²) >= 11 is 0. The Morgan fingerprint density at radius 1 is 1.22 bits per heavy atom. The van der Waals surface area contributed by atoms with E-state index in [-0.39, 0.29) is 17.4 Å². The summed E-state index contributed by atoms with van der Waals surface area (Å²) in [5.74, 6) is 0.419. The molecule has 0 fully saturated rings. The zero-order chi connectivity index (χ0) is 19.7. The van der Waals surface area contributed by atoms with Crippen molar-refractivity contribution in [2.24, 2.45) is 5.41 Å². The number of amides is 1. The van der Waals surface area contributed by atoms with Crippen molar-refractivity contribution in [3.63, 3.8) is 0 Å². The van der Waals surface area contributed by atoms with Crippen molar-refractivity contribution in [2.45, 2.75) is 18.7 Å². The number of nitrogens with one attached hydrogen (secondary N) is 1. The molecule has 3 rings (SSSR count). The summed E-state index contributed by atoms with van der Waals surface area (Å²) in [6.45, 7) is 7.88. The number of rotatable bonds is 5. The first-order valence-electron chi connectivity index (χ1n) is 8.52. The molecule has 1 aliphatic heterocycles. The van der Waals surface area contributed by atoms with E-state index in [1.165, 1.54) is 12.1 Å². The van der Waals surface area contributed by atoms with Gasteiger partial charge in [0.15, 0.2) is 0 Å². The summed E-state index contributed by atoms with van der Waals surface area (Å²) < 4.78 is 33.5. The van der Waals surface area contributed by atoms with Gasteiger partial charge < -0.3 is 9.64 Å². The fourth-order valence-electron chi connectivity index (χ4n) is 2.83. The smallest absolute Gasteiger partial charge is 0.261 e. The minimum absolute atomic E-state index is 0.107. The van der Waals surface area contributed by atoms with Gasteiger partial charge in [-0.15, -0.1) is 6.58 Å². The molecule has 0 bridgehead atoms. The molecule has 27 heavy (non-hydrogen) atoms. The molecule has 2 aromatic carbocycles. The van der Waals surface area contributed by atoms with Crippen LogP contribution < -0.4 is 14.4 Å². The van der Waals surface area contributed by atoms with E-state index < -0.39 is 15.4 Å². The number of sulfonamides is 1. The third-order valence-electron chi connectivity index (χ3n) is 4.28. The molecule has 0 atom stereocenters. The van der Waals surface area contributed by atoms with Crippen molar-refractivity contribution in [3.8, 4) is 5.75 Å². The van der Waals surface area contributed by atoms with Crippen LogP contribution in [0, 0.1) is 5.41 Å². The normalized spacial score (nSPS) is 16.1. The Hall–Kier alpha value is -2.80. The third kappa shape index (κ3) is 3.83. The topological polar surface area (TPSA) is 75.7 Å². The highest BCUT2D eigenvalue weighted by atomic mass is 32.2. The number of ether oxygens (including phenoxy) is 1. The highest BCUT2D eigenvalue weighted by Gasteiger charge is 2.37. The van der Waals surface area contributed by atoms with Crippen LogP contribution in [0.3, 0.4) is 0 Å². The highest BCUT2D eigenvalue weighted by Crippen LogP contribution is 2.38. The molecule has 0 aromatic heterocycles. The van der Waals surface area contributed by atoms with Gasteiger partial charge in [0.1, 0.15) is 12.4 Å². The molecule has 0 saturated carbocycles. The molecule has 1 amide bonds. The molecule has 7 heteroatoms. The van der Waals surface area contributed by atoms with E-state index >= 15 is 0 Å². The lowest BCUT2D eigenvalue weighted by atomic mass is 9.93. The number of nitrogens with zero attached hydrogens (tertiary/aromatic N) is 1. The van der Waals surface area contributed by atoms with Crippen LogP contribution in [0.4, 0.5) is 11.4 Å². The second-order valence-electron chi connectivity index (χ2n) is 6.98. The Morgan fingerprint density at radius 2 is 1.93 bits per heavy atom. The van der Waals surface area contributed by atoms with Crippen LogP contribution in [-0.4, -0.2) is 27.5 Å². The van der Waals surface area contributed by atoms with Gasteiger partial charge in [-0.25, -0.2) is 8.42 Å².